The van der Waals surface area contributed by atoms with E-state index >= 15 is 0 Å². The van der Waals surface area contributed by atoms with Gasteiger partial charge in [-0.25, -0.2) is 29.9 Å². The van der Waals surface area contributed by atoms with Gasteiger partial charge in [-0.05, 0) is 104 Å². The second-order valence-corrected chi connectivity index (χ2v) is 18.6. The van der Waals surface area contributed by atoms with E-state index in [1.165, 1.54) is 36.7 Å². The Kier molecular flexibility index (Phi) is 16.4. The van der Waals surface area contributed by atoms with Gasteiger partial charge in [0.2, 0.25) is 11.8 Å². The number of anilines is 1. The van der Waals surface area contributed by atoms with Gasteiger partial charge in [0.25, 0.3) is 5.91 Å². The summed E-state index contributed by atoms with van der Waals surface area (Å²) in [6, 6.07) is 31.3. The zero-order chi connectivity index (χ0) is 59.2. The van der Waals surface area contributed by atoms with Gasteiger partial charge >= 0.3 is 18.5 Å². The molecule has 1 unspecified atom stereocenters. The molecular weight excluding hydrogens is 1120 g/mol. The highest BCUT2D eigenvalue weighted by Gasteiger charge is 2.38. The van der Waals surface area contributed by atoms with Crippen LogP contribution in [0.2, 0.25) is 0 Å². The van der Waals surface area contributed by atoms with Gasteiger partial charge in [0.1, 0.15) is 35.3 Å². The number of aromatic amines is 3. The molecule has 0 saturated carbocycles. The minimum Gasteiger partial charge on any atom is -0.476 e. The fraction of sp³-hybridized carbons (Fsp3) is 0.179. The molecule has 0 bridgehead atoms. The fourth-order valence-corrected chi connectivity index (χ4v) is 8.93. The summed E-state index contributed by atoms with van der Waals surface area (Å²) in [6.45, 7) is 1.82. The third-order valence-electron chi connectivity index (χ3n) is 12.9. The molecule has 84 heavy (non-hydrogen) atoms. The lowest BCUT2D eigenvalue weighted by atomic mass is 10.1. The molecule has 0 aliphatic carbocycles. The lowest BCUT2D eigenvalue weighted by molar-refractivity contribution is -0.138. The van der Waals surface area contributed by atoms with Crippen molar-refractivity contribution in [3.05, 3.63) is 174 Å². The molecule has 0 spiro atoms. The van der Waals surface area contributed by atoms with Crippen molar-refractivity contribution in [1.29, 1.82) is 0 Å². The molecule has 1 amide bonds. The predicted molar refractivity (Wildman–Crippen MR) is 296 cm³/mol. The maximum Gasteiger partial charge on any atom is 0.418 e. The number of carbonyl (C=O) groups excluding carboxylic acids is 1. The number of hydrogen-bond acceptors (Lipinski definition) is 15. The number of primary amides is 1. The number of fused-ring (bicyclic) bond motifs is 3. The summed E-state index contributed by atoms with van der Waals surface area (Å²) in [7, 11) is 0. The zero-order valence-corrected chi connectivity index (χ0v) is 43.4. The molecule has 28 heteroatoms. The number of rotatable bonds is 12. The number of nitrogens with two attached hydrogens (primary N) is 2. The van der Waals surface area contributed by atoms with E-state index in [0.717, 1.165) is 55.8 Å². The first-order valence-corrected chi connectivity index (χ1v) is 25.4. The number of alkyl halides is 9. The third-order valence-corrected chi connectivity index (χ3v) is 12.9. The van der Waals surface area contributed by atoms with Crippen LogP contribution in [0.4, 0.5) is 45.3 Å². The van der Waals surface area contributed by atoms with Gasteiger partial charge in [-0.3, -0.25) is 20.1 Å². The van der Waals surface area contributed by atoms with Crippen molar-refractivity contribution in [1.82, 2.24) is 65.8 Å². The number of carbonyl (C=O) groups is 1. The van der Waals surface area contributed by atoms with Crippen molar-refractivity contribution in [2.75, 3.05) is 25.0 Å². The van der Waals surface area contributed by atoms with Gasteiger partial charge in [0.05, 0.1) is 45.4 Å². The largest absolute Gasteiger partial charge is 0.476 e. The summed E-state index contributed by atoms with van der Waals surface area (Å²) in [4.78, 5) is 36.1. The zero-order valence-electron chi connectivity index (χ0n) is 43.4. The number of hydrogen-bond donors (Lipinski definition) is 7. The Morgan fingerprint density at radius 3 is 1.52 bits per heavy atom. The first kappa shape index (κ1) is 57.2. The molecule has 0 radical (unpaired) electrons. The van der Waals surface area contributed by atoms with Gasteiger partial charge in [-0.15, -0.1) is 0 Å². The van der Waals surface area contributed by atoms with Crippen LogP contribution in [-0.2, 0) is 18.5 Å². The van der Waals surface area contributed by atoms with E-state index in [4.69, 9.17) is 20.9 Å². The van der Waals surface area contributed by atoms with Gasteiger partial charge in [-0.1, -0.05) is 42.5 Å². The number of amides is 1. The van der Waals surface area contributed by atoms with Crippen molar-refractivity contribution in [3.63, 3.8) is 0 Å². The standard InChI is InChI=1S/C20H16F3N5O.C19H12F3N5O2.C17H17F3N6.3H2/c21-20(22,23)14-8-9-16(29-11-15(24)12-5-2-1-3-6-12)26-18(14)17-13-7-4-10-25-19(13)28-27-17;20-19(21,22)12-7-8-14(29-13-6-2-1-4-10(13)17(23)28)25-16(12)15-11-5-3-9-24-18(11)27-26-15;18-17(19,20)12-3-4-13(23-10-5-8-21-9-6-10)24-15(12)14-11-2-1-7-22-16(11)26-25-14;;;/h1-10,15H,11,24H2,(H,25,27,28);1-9H,(H2,23,28)(H,24,26,27);1-4,7,10,21H,5-6,8-9H2,(H,23,24)(H,22,25,26);3*1H. The van der Waals surface area contributed by atoms with Gasteiger partial charge < -0.3 is 31.6 Å². The number of benzene rings is 2. The average molecular weight is 1170 g/mol. The van der Waals surface area contributed by atoms with Crippen LogP contribution in [0.25, 0.3) is 67.3 Å². The topological polar surface area (TPSA) is 275 Å². The first-order chi connectivity index (χ1) is 40.3. The molecule has 1 fully saturated rings. The van der Waals surface area contributed by atoms with Crippen molar-refractivity contribution in [3.8, 4) is 51.7 Å². The molecule has 1 aliphatic rings. The van der Waals surface area contributed by atoms with E-state index in [0.29, 0.717) is 33.3 Å². The Labute approximate surface area is 473 Å². The van der Waals surface area contributed by atoms with Gasteiger partial charge in [-0.2, -0.15) is 54.8 Å². The molecule has 436 valence electrons. The van der Waals surface area contributed by atoms with Crippen molar-refractivity contribution in [2.24, 2.45) is 11.5 Å². The summed E-state index contributed by atoms with van der Waals surface area (Å²) in [6.07, 6.45) is -7.45. The molecular formula is C56H51F9N16O3. The molecule has 1 saturated heterocycles. The number of nitrogens with one attached hydrogen (secondary N) is 5. The fourth-order valence-electron chi connectivity index (χ4n) is 8.93. The highest BCUT2D eigenvalue weighted by molar-refractivity contribution is 5.96. The van der Waals surface area contributed by atoms with Crippen LogP contribution < -0.4 is 31.6 Å². The van der Waals surface area contributed by atoms with Crippen molar-refractivity contribution >= 4 is 44.8 Å². The molecule has 1 atom stereocenters. The Hall–Kier alpha value is -10.1. The van der Waals surface area contributed by atoms with Crippen LogP contribution in [0.15, 0.2) is 146 Å². The maximum absolute atomic E-state index is 13.6. The predicted octanol–water partition coefficient (Wildman–Crippen LogP) is 12.0. The number of piperidine rings is 1. The number of para-hydroxylation sites is 1. The Morgan fingerprint density at radius 2 is 1.02 bits per heavy atom. The molecule has 10 heterocycles. The lowest BCUT2D eigenvalue weighted by Crippen LogP contribution is -2.35. The van der Waals surface area contributed by atoms with E-state index in [1.54, 1.807) is 54.7 Å². The summed E-state index contributed by atoms with van der Waals surface area (Å²) < 4.78 is 133. The summed E-state index contributed by atoms with van der Waals surface area (Å²) in [5, 5.41) is 27.5. The van der Waals surface area contributed by atoms with Crippen LogP contribution in [0.1, 0.15) is 55.8 Å². The minimum atomic E-state index is -4.66. The second-order valence-electron chi connectivity index (χ2n) is 18.6. The number of ether oxygens (including phenoxy) is 2. The molecule has 9 N–H and O–H groups in total. The minimum absolute atomic E-state index is 0. The van der Waals surface area contributed by atoms with E-state index in [-0.39, 0.29) is 74.1 Å². The van der Waals surface area contributed by atoms with Crippen LogP contribution in [0, 0.1) is 0 Å². The SMILES string of the molecule is FC(F)(F)c1ccc(NC2CCNCC2)nc1-c1[nH]nc2ncccc12.NC(=O)c1ccccc1Oc1ccc(C(F)(F)F)c(-c2[nH]nc3ncccc23)n1.NC(COc1ccc(C(F)(F)F)c(-c2[nH]nc3ncccc23)n1)c1ccccc1.[HH].[HH].[HH]. The quantitative estimate of drug-likeness (QED) is 0.0560. The van der Waals surface area contributed by atoms with Crippen molar-refractivity contribution in [2.45, 2.75) is 43.5 Å². The number of nitrogens with zero attached hydrogens (tertiary/aromatic N) is 9. The van der Waals surface area contributed by atoms with Crippen LogP contribution >= 0.6 is 0 Å². The van der Waals surface area contributed by atoms with E-state index in [1.807, 2.05) is 30.3 Å². The Bertz CT molecular complexity index is 4110. The molecule has 2 aromatic carbocycles. The van der Waals surface area contributed by atoms with E-state index in [2.05, 4.69) is 71.1 Å². The summed E-state index contributed by atoms with van der Waals surface area (Å²) in [5.41, 5.74) is 10.1. The Morgan fingerprint density at radius 1 is 0.571 bits per heavy atom. The molecule has 1 aliphatic heterocycles. The molecule has 12 rings (SSSR count). The molecule has 19 nitrogen and oxygen atoms in total. The van der Waals surface area contributed by atoms with Crippen LogP contribution in [0.3, 0.4) is 0 Å². The summed E-state index contributed by atoms with van der Waals surface area (Å²) >= 11 is 0. The van der Waals surface area contributed by atoms with Crippen LogP contribution in [0.5, 0.6) is 17.5 Å². The van der Waals surface area contributed by atoms with Crippen LogP contribution in [-0.4, -0.2) is 92.1 Å². The maximum atomic E-state index is 13.6. The van der Waals surface area contributed by atoms with Gasteiger partial charge in [0.15, 0.2) is 16.9 Å². The van der Waals surface area contributed by atoms with E-state index in [9.17, 15) is 44.3 Å². The Balaban J connectivity index is 0.000000184. The number of halogens is 9. The smallest absolute Gasteiger partial charge is 0.418 e. The van der Waals surface area contributed by atoms with E-state index < -0.39 is 52.9 Å². The average Bonchev–Trinajstić information content (AvgIpc) is 1.98. The highest BCUT2D eigenvalue weighted by Crippen LogP contribution is 2.42. The van der Waals surface area contributed by atoms with Gasteiger partial charge in [0, 0.05) is 57.2 Å². The first-order valence-electron chi connectivity index (χ1n) is 25.4. The summed E-state index contributed by atoms with van der Waals surface area (Å²) in [5.74, 6) is -0.349. The normalized spacial score (nSPS) is 13.4. The third kappa shape index (κ3) is 13.0. The number of aromatic nitrogens is 12. The molecule has 9 aromatic heterocycles. The lowest BCUT2D eigenvalue weighted by Gasteiger charge is -2.24. The van der Waals surface area contributed by atoms with Crippen molar-refractivity contribution < 1.29 is 58.1 Å². The monoisotopic (exact) mass is 1170 g/mol. The number of pyridine rings is 6. The highest BCUT2D eigenvalue weighted by atomic mass is 19.4. The second kappa shape index (κ2) is 24.2. The molecule has 11 aromatic rings. The number of H-pyrrole nitrogens is 3.